The number of amides is 1. The zero-order chi connectivity index (χ0) is 21.5. The SMILES string of the molecule is CN1c2ccc(-c3cccc(C#N)c3)cc2[C@H]2[C@H](CCN2C(=O)C2CCCC2)[C@H]1CO. The van der Waals surface area contributed by atoms with Crippen LogP contribution in [-0.2, 0) is 4.79 Å². The smallest absolute Gasteiger partial charge is 0.226 e. The van der Waals surface area contributed by atoms with Crippen LogP contribution in [0.25, 0.3) is 11.1 Å². The van der Waals surface area contributed by atoms with E-state index in [0.717, 1.165) is 55.5 Å². The Bertz CT molecular complexity index is 1040. The number of anilines is 1. The second-order valence-electron chi connectivity index (χ2n) is 9.24. The third-order valence-corrected chi connectivity index (χ3v) is 7.66. The van der Waals surface area contributed by atoms with Crippen LogP contribution in [0.4, 0.5) is 5.69 Å². The summed E-state index contributed by atoms with van der Waals surface area (Å²) in [5, 5.41) is 19.5. The van der Waals surface area contributed by atoms with Crippen molar-refractivity contribution in [2.24, 2.45) is 11.8 Å². The maximum absolute atomic E-state index is 13.4. The van der Waals surface area contributed by atoms with E-state index in [-0.39, 0.29) is 30.5 Å². The predicted octanol–water partition coefficient (Wildman–Crippen LogP) is 4.12. The van der Waals surface area contributed by atoms with Crippen LogP contribution < -0.4 is 4.90 Å². The molecule has 0 unspecified atom stereocenters. The summed E-state index contributed by atoms with van der Waals surface area (Å²) >= 11 is 0. The number of fused-ring (bicyclic) bond motifs is 3. The van der Waals surface area contributed by atoms with E-state index in [9.17, 15) is 15.2 Å². The van der Waals surface area contributed by atoms with Crippen LogP contribution in [0, 0.1) is 23.2 Å². The number of nitriles is 1. The number of nitrogens with zero attached hydrogens (tertiary/aromatic N) is 3. The van der Waals surface area contributed by atoms with Crippen molar-refractivity contribution in [1.29, 1.82) is 5.26 Å². The van der Waals surface area contributed by atoms with Crippen LogP contribution in [0.15, 0.2) is 42.5 Å². The van der Waals surface area contributed by atoms with Crippen molar-refractivity contribution >= 4 is 11.6 Å². The highest BCUT2D eigenvalue weighted by Crippen LogP contribution is 2.50. The molecule has 2 aromatic carbocycles. The van der Waals surface area contributed by atoms with Gasteiger partial charge < -0.3 is 14.9 Å². The zero-order valence-electron chi connectivity index (χ0n) is 18.0. The average Bonchev–Trinajstić information content (AvgIpc) is 3.49. The summed E-state index contributed by atoms with van der Waals surface area (Å²) in [5.41, 5.74) is 4.97. The number of rotatable bonds is 3. The first-order valence-electron chi connectivity index (χ1n) is 11.4. The Hall–Kier alpha value is -2.84. The van der Waals surface area contributed by atoms with Gasteiger partial charge in [-0.1, -0.05) is 31.0 Å². The third kappa shape index (κ3) is 3.30. The van der Waals surface area contributed by atoms with Crippen LogP contribution in [0.2, 0.25) is 0 Å². The highest BCUT2D eigenvalue weighted by atomic mass is 16.3. The first kappa shape index (κ1) is 20.1. The summed E-state index contributed by atoms with van der Waals surface area (Å²) in [5.74, 6) is 0.688. The highest BCUT2D eigenvalue weighted by molar-refractivity contribution is 5.81. The van der Waals surface area contributed by atoms with Gasteiger partial charge in [0.25, 0.3) is 0 Å². The number of aliphatic hydroxyl groups is 1. The lowest BCUT2D eigenvalue weighted by molar-refractivity contribution is -0.136. The minimum atomic E-state index is 0.00977. The average molecular weight is 416 g/mol. The summed E-state index contributed by atoms with van der Waals surface area (Å²) in [6, 6.07) is 16.3. The van der Waals surface area contributed by atoms with Crippen molar-refractivity contribution in [1.82, 2.24) is 4.90 Å². The molecule has 1 amide bonds. The molecule has 31 heavy (non-hydrogen) atoms. The molecular weight excluding hydrogens is 386 g/mol. The number of benzene rings is 2. The molecule has 1 aliphatic carbocycles. The molecule has 2 fully saturated rings. The molecule has 2 aliphatic heterocycles. The maximum Gasteiger partial charge on any atom is 0.226 e. The fourth-order valence-corrected chi connectivity index (χ4v) is 6.06. The van der Waals surface area contributed by atoms with Crippen LogP contribution in [0.3, 0.4) is 0 Å². The van der Waals surface area contributed by atoms with Gasteiger partial charge in [-0.2, -0.15) is 5.26 Å². The third-order valence-electron chi connectivity index (χ3n) is 7.66. The van der Waals surface area contributed by atoms with Crippen molar-refractivity contribution in [3.8, 4) is 17.2 Å². The fraction of sp³-hybridized carbons (Fsp3) is 0.462. The molecule has 2 aromatic rings. The molecule has 1 saturated heterocycles. The molecule has 2 heterocycles. The van der Waals surface area contributed by atoms with Crippen LogP contribution in [0.1, 0.15) is 49.3 Å². The lowest BCUT2D eigenvalue weighted by Crippen LogP contribution is -2.48. The molecule has 5 nitrogen and oxygen atoms in total. The Morgan fingerprint density at radius 3 is 2.65 bits per heavy atom. The lowest BCUT2D eigenvalue weighted by Gasteiger charge is -2.45. The molecule has 1 N–H and O–H groups in total. The van der Waals surface area contributed by atoms with Gasteiger partial charge in [-0.15, -0.1) is 0 Å². The minimum absolute atomic E-state index is 0.00977. The Morgan fingerprint density at radius 1 is 1.13 bits per heavy atom. The molecule has 0 aromatic heterocycles. The molecule has 0 radical (unpaired) electrons. The van der Waals surface area contributed by atoms with Crippen molar-refractivity contribution in [3.05, 3.63) is 53.6 Å². The molecule has 5 rings (SSSR count). The van der Waals surface area contributed by atoms with Gasteiger partial charge in [-0.05, 0) is 60.2 Å². The second kappa shape index (κ2) is 8.01. The Morgan fingerprint density at radius 2 is 1.90 bits per heavy atom. The van der Waals surface area contributed by atoms with E-state index in [0.29, 0.717) is 11.5 Å². The number of carbonyl (C=O) groups excluding carboxylic acids is 1. The second-order valence-corrected chi connectivity index (χ2v) is 9.24. The predicted molar refractivity (Wildman–Crippen MR) is 120 cm³/mol. The number of likely N-dealkylation sites (N-methyl/N-ethyl adjacent to an activating group) is 1. The molecular formula is C26H29N3O2. The van der Waals surface area contributed by atoms with Gasteiger partial charge in [-0.25, -0.2) is 0 Å². The molecule has 160 valence electrons. The Balaban J connectivity index is 1.58. The number of likely N-dealkylation sites (tertiary alicyclic amines) is 1. The summed E-state index contributed by atoms with van der Waals surface area (Å²) < 4.78 is 0. The topological polar surface area (TPSA) is 67.6 Å². The van der Waals surface area contributed by atoms with Gasteiger partial charge in [-0.3, -0.25) is 4.79 Å². The Kier molecular flexibility index (Phi) is 5.19. The number of carbonyl (C=O) groups is 1. The van der Waals surface area contributed by atoms with E-state index in [2.05, 4.69) is 34.1 Å². The van der Waals surface area contributed by atoms with Gasteiger partial charge in [0.05, 0.1) is 30.3 Å². The minimum Gasteiger partial charge on any atom is -0.394 e. The molecule has 0 bridgehead atoms. The summed E-state index contributed by atoms with van der Waals surface area (Å²) in [7, 11) is 2.05. The summed E-state index contributed by atoms with van der Waals surface area (Å²) in [4.78, 5) is 17.7. The van der Waals surface area contributed by atoms with Crippen molar-refractivity contribution in [2.75, 3.05) is 25.1 Å². The fourth-order valence-electron chi connectivity index (χ4n) is 6.06. The first-order chi connectivity index (χ1) is 15.1. The number of hydrogen-bond donors (Lipinski definition) is 1. The molecule has 3 aliphatic rings. The molecule has 5 heteroatoms. The van der Waals surface area contributed by atoms with E-state index >= 15 is 0 Å². The summed E-state index contributed by atoms with van der Waals surface area (Å²) in [6.45, 7) is 0.858. The zero-order valence-corrected chi connectivity index (χ0v) is 18.0. The molecule has 3 atom stereocenters. The maximum atomic E-state index is 13.4. The van der Waals surface area contributed by atoms with E-state index in [1.807, 2.05) is 31.3 Å². The van der Waals surface area contributed by atoms with Crippen molar-refractivity contribution < 1.29 is 9.90 Å². The van der Waals surface area contributed by atoms with E-state index in [1.165, 1.54) is 5.56 Å². The number of hydrogen-bond acceptors (Lipinski definition) is 4. The van der Waals surface area contributed by atoms with Crippen LogP contribution >= 0.6 is 0 Å². The van der Waals surface area contributed by atoms with Crippen molar-refractivity contribution in [3.63, 3.8) is 0 Å². The molecule has 1 saturated carbocycles. The largest absolute Gasteiger partial charge is 0.394 e. The highest BCUT2D eigenvalue weighted by Gasteiger charge is 2.48. The van der Waals surface area contributed by atoms with Crippen molar-refractivity contribution in [2.45, 2.75) is 44.2 Å². The van der Waals surface area contributed by atoms with E-state index in [1.54, 1.807) is 0 Å². The first-order valence-corrected chi connectivity index (χ1v) is 11.4. The van der Waals surface area contributed by atoms with E-state index < -0.39 is 0 Å². The van der Waals surface area contributed by atoms with Gasteiger partial charge in [0, 0.05) is 31.1 Å². The van der Waals surface area contributed by atoms with E-state index in [4.69, 9.17) is 0 Å². The van der Waals surface area contributed by atoms with Gasteiger partial charge in [0.1, 0.15) is 0 Å². The van der Waals surface area contributed by atoms with Crippen LogP contribution in [0.5, 0.6) is 0 Å². The standard InChI is InChI=1S/C26H29N3O2/c1-28-23-10-9-20(19-8-4-5-17(13-19)15-27)14-22(23)25-21(24(28)16-30)11-12-29(25)26(31)18-6-2-3-7-18/h4-5,8-10,13-14,18,21,24-25,30H,2-3,6-7,11-12,16H2,1H3/t21-,24-,25-/m1/s1. The van der Waals surface area contributed by atoms with Gasteiger partial charge >= 0.3 is 0 Å². The quantitative estimate of drug-likeness (QED) is 0.819. The van der Waals surface area contributed by atoms with Crippen LogP contribution in [-0.4, -0.2) is 42.2 Å². The van der Waals surface area contributed by atoms with Gasteiger partial charge in [0.2, 0.25) is 5.91 Å². The Labute approximate surface area is 183 Å². The normalized spacial score (nSPS) is 25.3. The monoisotopic (exact) mass is 415 g/mol. The summed E-state index contributed by atoms with van der Waals surface area (Å²) in [6.07, 6.45) is 5.23. The van der Waals surface area contributed by atoms with Gasteiger partial charge in [0.15, 0.2) is 0 Å². The molecule has 0 spiro atoms. The lowest BCUT2D eigenvalue weighted by atomic mass is 9.81. The number of aliphatic hydroxyl groups excluding tert-OH is 1.